The molecule has 0 unspecified atom stereocenters. The molecule has 1 aromatic heterocycles. The molecule has 0 saturated carbocycles. The van der Waals surface area contributed by atoms with Crippen LogP contribution < -0.4 is 80.5 Å². The minimum Gasteiger partial charge on any atom is -0.744 e. The molecular formula is C27H29N6Na2O6S2+. The summed E-state index contributed by atoms with van der Waals surface area (Å²) in [7, 11) is -8.85. The number of anilines is 3. The summed E-state index contributed by atoms with van der Waals surface area (Å²) in [5, 5.41) is 9.92. The van der Waals surface area contributed by atoms with Crippen LogP contribution in [0.1, 0.15) is 36.1 Å². The molecule has 0 aliphatic carbocycles. The van der Waals surface area contributed by atoms with Gasteiger partial charge in [-0.1, -0.05) is 74.5 Å². The molecule has 0 amide bonds. The Morgan fingerprint density at radius 3 is 1.74 bits per heavy atom. The van der Waals surface area contributed by atoms with Crippen LogP contribution in [0.2, 0.25) is 0 Å². The molecular weight excluding hydrogens is 614 g/mol. The SMILES string of the molecule is CCc1cccc(OS(=O)(=O)c2ccccc2/C=C/c2ccccc2S(=O)(=O)[O-])c1CC.Nc1nnnc(N)c1N.[Na+].[Na+]. The van der Waals surface area contributed by atoms with E-state index < -0.39 is 20.2 Å². The van der Waals surface area contributed by atoms with Gasteiger partial charge < -0.3 is 25.9 Å². The molecule has 0 spiro atoms. The second kappa shape index (κ2) is 17.1. The van der Waals surface area contributed by atoms with Crippen molar-refractivity contribution in [2.75, 3.05) is 17.2 Å². The first-order chi connectivity index (χ1) is 19.4. The molecule has 0 radical (unpaired) electrons. The molecule has 0 bridgehead atoms. The van der Waals surface area contributed by atoms with E-state index in [9.17, 15) is 21.4 Å². The average molecular weight is 644 g/mol. The Morgan fingerprint density at radius 2 is 1.26 bits per heavy atom. The van der Waals surface area contributed by atoms with E-state index in [1.807, 2.05) is 19.9 Å². The first kappa shape index (κ1) is 38.5. The number of nitrogens with zero attached hydrogens (tertiary/aromatic N) is 3. The maximum atomic E-state index is 13.1. The standard InChI is InChI=1S/C24H24O6S2.C3H6N6.2Na/c1-3-18-12-9-13-22(21(18)4-2)30-32(28,29)24-15-8-6-11-20(24)17-16-19-10-5-7-14-23(19)31(25,26)27;4-1-2(5)7-9-8-3(1)6;;/h5-17H,3-4H2,1-2H3,(H,25,26,27);(H2,4,9)(H4,5,6,7,8);;/q;;2*+1/p-1/b17-16+;;;. The number of hydrogen-bond donors (Lipinski definition) is 3. The van der Waals surface area contributed by atoms with Gasteiger partial charge in [0, 0.05) is 0 Å². The minimum atomic E-state index is -4.68. The van der Waals surface area contributed by atoms with Gasteiger partial charge in [0.25, 0.3) is 0 Å². The summed E-state index contributed by atoms with van der Waals surface area (Å²) < 4.78 is 66.3. The topological polar surface area (TPSA) is 217 Å². The van der Waals surface area contributed by atoms with Crippen molar-refractivity contribution in [3.63, 3.8) is 0 Å². The van der Waals surface area contributed by atoms with Crippen LogP contribution in [0.25, 0.3) is 12.2 Å². The molecule has 0 fully saturated rings. The summed E-state index contributed by atoms with van der Waals surface area (Å²) in [5.74, 6) is 0.512. The second-order valence-electron chi connectivity index (χ2n) is 8.48. The van der Waals surface area contributed by atoms with Crippen molar-refractivity contribution in [3.8, 4) is 5.75 Å². The van der Waals surface area contributed by atoms with E-state index in [-0.39, 0.29) is 97.5 Å². The van der Waals surface area contributed by atoms with Crippen LogP contribution in [0, 0.1) is 0 Å². The fraction of sp³-hybridized carbons (Fsp3) is 0.148. The van der Waals surface area contributed by atoms with E-state index in [4.69, 9.17) is 21.4 Å². The van der Waals surface area contributed by atoms with Gasteiger partial charge in [-0.2, -0.15) is 8.42 Å². The Morgan fingerprint density at radius 1 is 0.744 bits per heavy atom. The number of nitrogens with two attached hydrogens (primary N) is 3. The summed E-state index contributed by atoms with van der Waals surface area (Å²) in [5.41, 5.74) is 18.2. The van der Waals surface area contributed by atoms with Crippen molar-refractivity contribution in [2.24, 2.45) is 0 Å². The van der Waals surface area contributed by atoms with Crippen molar-refractivity contribution >= 4 is 49.7 Å². The number of rotatable bonds is 8. The quantitative estimate of drug-likeness (QED) is 0.0772. The summed E-state index contributed by atoms with van der Waals surface area (Å²) in [6.45, 7) is 3.93. The van der Waals surface area contributed by atoms with Gasteiger partial charge in [0.15, 0.2) is 11.6 Å². The van der Waals surface area contributed by atoms with Crippen molar-refractivity contribution in [1.82, 2.24) is 15.4 Å². The molecule has 216 valence electrons. The largest absolute Gasteiger partial charge is 1.00 e. The van der Waals surface area contributed by atoms with Gasteiger partial charge in [-0.05, 0) is 58.5 Å². The molecule has 4 aromatic rings. The van der Waals surface area contributed by atoms with Crippen LogP contribution in [0.15, 0.2) is 76.5 Å². The molecule has 16 heteroatoms. The Bertz CT molecular complexity index is 1770. The Balaban J connectivity index is 0.000000721. The van der Waals surface area contributed by atoms with Crippen molar-refractivity contribution < 1.29 is 84.7 Å². The van der Waals surface area contributed by atoms with E-state index in [2.05, 4.69) is 15.4 Å². The van der Waals surface area contributed by atoms with Crippen molar-refractivity contribution in [2.45, 2.75) is 36.5 Å². The molecule has 4 rings (SSSR count). The van der Waals surface area contributed by atoms with Gasteiger partial charge in [0.2, 0.25) is 0 Å². The number of aromatic nitrogens is 3. The number of benzene rings is 3. The van der Waals surface area contributed by atoms with E-state index >= 15 is 0 Å². The third kappa shape index (κ3) is 10.3. The van der Waals surface area contributed by atoms with Crippen LogP contribution in [-0.4, -0.2) is 36.8 Å². The third-order valence-electron chi connectivity index (χ3n) is 5.84. The fourth-order valence-electron chi connectivity index (χ4n) is 3.81. The zero-order chi connectivity index (χ0) is 30.2. The van der Waals surface area contributed by atoms with Crippen LogP contribution in [0.5, 0.6) is 5.75 Å². The van der Waals surface area contributed by atoms with Crippen molar-refractivity contribution in [3.05, 3.63) is 89.0 Å². The molecule has 0 aliphatic rings. The van der Waals surface area contributed by atoms with Gasteiger partial charge in [-0.25, -0.2) is 8.42 Å². The summed E-state index contributed by atoms with van der Waals surface area (Å²) >= 11 is 0. The van der Waals surface area contributed by atoms with Crippen LogP contribution in [-0.2, 0) is 33.1 Å². The minimum absolute atomic E-state index is 0. The van der Waals surface area contributed by atoms with Crippen LogP contribution in [0.4, 0.5) is 17.3 Å². The zero-order valence-electron chi connectivity index (χ0n) is 24.3. The molecule has 0 saturated heterocycles. The molecule has 12 nitrogen and oxygen atoms in total. The predicted octanol–water partition coefficient (Wildman–Crippen LogP) is -2.72. The molecule has 0 aliphatic heterocycles. The second-order valence-corrected chi connectivity index (χ2v) is 11.3. The average Bonchev–Trinajstić information content (AvgIpc) is 2.94. The van der Waals surface area contributed by atoms with Gasteiger partial charge in [0.1, 0.15) is 26.5 Å². The molecule has 0 atom stereocenters. The molecule has 3 aromatic carbocycles. The fourth-order valence-corrected chi connectivity index (χ4v) is 5.64. The first-order valence-electron chi connectivity index (χ1n) is 12.3. The monoisotopic (exact) mass is 643 g/mol. The molecule has 1 heterocycles. The molecule has 43 heavy (non-hydrogen) atoms. The van der Waals surface area contributed by atoms with E-state index in [1.54, 1.807) is 36.4 Å². The van der Waals surface area contributed by atoms with Gasteiger partial charge in [-0.15, -0.1) is 10.2 Å². The van der Waals surface area contributed by atoms with Crippen LogP contribution in [0.3, 0.4) is 0 Å². The Labute approximate surface area is 295 Å². The predicted molar refractivity (Wildman–Crippen MR) is 156 cm³/mol. The van der Waals surface area contributed by atoms with E-state index in [0.29, 0.717) is 12.0 Å². The number of aryl methyl sites for hydroxylation is 1. The smallest absolute Gasteiger partial charge is 0.744 e. The normalized spacial score (nSPS) is 11.0. The van der Waals surface area contributed by atoms with Gasteiger partial charge in [0.05, 0.1) is 4.90 Å². The number of hydrogen-bond acceptors (Lipinski definition) is 12. The molecule has 6 N–H and O–H groups in total. The Kier molecular flexibility index (Phi) is 15.3. The maximum absolute atomic E-state index is 13.1. The zero-order valence-corrected chi connectivity index (χ0v) is 29.9. The number of nitrogen functional groups attached to an aromatic ring is 3. The summed E-state index contributed by atoms with van der Waals surface area (Å²) in [6, 6.07) is 17.3. The van der Waals surface area contributed by atoms with Gasteiger partial charge >= 0.3 is 69.2 Å². The van der Waals surface area contributed by atoms with Crippen molar-refractivity contribution in [1.29, 1.82) is 0 Å². The summed E-state index contributed by atoms with van der Waals surface area (Å²) in [6.07, 6.45) is 4.22. The van der Waals surface area contributed by atoms with Gasteiger partial charge in [-0.3, -0.25) is 0 Å². The third-order valence-corrected chi connectivity index (χ3v) is 8.06. The Hall–Kier alpha value is -2.53. The van der Waals surface area contributed by atoms with E-state index in [0.717, 1.165) is 17.5 Å². The van der Waals surface area contributed by atoms with Crippen LogP contribution >= 0.6 is 0 Å². The summed E-state index contributed by atoms with van der Waals surface area (Å²) in [4.78, 5) is -0.445. The first-order valence-corrected chi connectivity index (χ1v) is 15.1. The van der Waals surface area contributed by atoms with E-state index in [1.165, 1.54) is 36.4 Å². The maximum Gasteiger partial charge on any atom is 1.00 e.